The van der Waals surface area contributed by atoms with E-state index in [1.54, 1.807) is 23.1 Å². The molecule has 2 aromatic carbocycles. The highest BCUT2D eigenvalue weighted by Gasteiger charge is 2.34. The largest absolute Gasteiger partial charge is 0.457 e. The second-order valence-electron chi connectivity index (χ2n) is 8.03. The molecule has 2 heterocycles. The smallest absolute Gasteiger partial charge is 0.416 e. The lowest BCUT2D eigenvalue weighted by atomic mass is 9.95. The summed E-state index contributed by atoms with van der Waals surface area (Å²) in [7, 11) is -3.47. The number of hydrogen-bond donors (Lipinski definition) is 0. The molecule has 1 saturated heterocycles. The Morgan fingerprint density at radius 3 is 2.24 bits per heavy atom. The van der Waals surface area contributed by atoms with Gasteiger partial charge in [-0.25, -0.2) is 8.42 Å². The predicted molar refractivity (Wildman–Crippen MR) is 116 cm³/mol. The molecular weight excluding hydrogens is 457 g/mol. The van der Waals surface area contributed by atoms with E-state index in [0.717, 1.165) is 23.1 Å². The average Bonchev–Trinajstić information content (AvgIpc) is 2.79. The highest BCUT2D eigenvalue weighted by atomic mass is 32.2. The Morgan fingerprint density at radius 2 is 1.64 bits per heavy atom. The van der Waals surface area contributed by atoms with Gasteiger partial charge in [0.1, 0.15) is 11.5 Å². The van der Waals surface area contributed by atoms with Gasteiger partial charge in [0.05, 0.1) is 5.56 Å². The van der Waals surface area contributed by atoms with Crippen LogP contribution in [0.5, 0.6) is 11.5 Å². The van der Waals surface area contributed by atoms with Crippen molar-refractivity contribution in [2.75, 3.05) is 19.6 Å². The van der Waals surface area contributed by atoms with Gasteiger partial charge >= 0.3 is 6.18 Å². The monoisotopic (exact) mass is 480 g/mol. The van der Waals surface area contributed by atoms with Crippen LogP contribution >= 0.6 is 0 Å². The van der Waals surface area contributed by atoms with Crippen molar-refractivity contribution in [3.05, 3.63) is 71.1 Å². The fourth-order valence-electron chi connectivity index (χ4n) is 4.24. The number of carbonyl (C=O) groups is 1. The molecule has 2 aliphatic heterocycles. The number of rotatable bonds is 5. The van der Waals surface area contributed by atoms with Crippen LogP contribution in [0.15, 0.2) is 54.5 Å². The summed E-state index contributed by atoms with van der Waals surface area (Å²) in [5, 5.41) is 0.938. The van der Waals surface area contributed by atoms with Gasteiger partial charge < -0.3 is 9.64 Å². The molecule has 0 saturated carbocycles. The number of halogens is 3. The topological polar surface area (TPSA) is 66.9 Å². The second-order valence-corrected chi connectivity index (χ2v) is 9.91. The van der Waals surface area contributed by atoms with Gasteiger partial charge in [-0.05, 0) is 61.2 Å². The number of ether oxygens (including phenoxy) is 1. The number of nitrogens with zero attached hydrogens (tertiary/aromatic N) is 2. The molecule has 33 heavy (non-hydrogen) atoms. The number of carbonyl (C=O) groups excluding carboxylic acids is 1. The van der Waals surface area contributed by atoms with Gasteiger partial charge in [0.2, 0.25) is 10.0 Å². The molecule has 0 spiro atoms. The molecule has 0 aliphatic carbocycles. The first-order valence-corrected chi connectivity index (χ1v) is 12.0. The second kappa shape index (κ2) is 8.83. The minimum atomic E-state index is -4.42. The SMILES string of the molecule is C=CS(=O)(=O)N1CCC(N2CCc3ccc(Oc4ccc(C(F)(F)F)cc4)cc3C2=O)CC1. The number of sulfonamides is 1. The van der Waals surface area contributed by atoms with Crippen molar-refractivity contribution < 1.29 is 31.1 Å². The summed E-state index contributed by atoms with van der Waals surface area (Å²) in [6.07, 6.45) is -2.69. The molecule has 0 aromatic heterocycles. The van der Waals surface area contributed by atoms with Crippen LogP contribution in [0, 0.1) is 0 Å². The Kier molecular flexibility index (Phi) is 6.24. The fourth-order valence-corrected chi connectivity index (χ4v) is 5.17. The summed E-state index contributed by atoms with van der Waals surface area (Å²) in [4.78, 5) is 15.0. The lowest BCUT2D eigenvalue weighted by Gasteiger charge is -2.40. The average molecular weight is 481 g/mol. The molecular formula is C23H23F3N2O4S. The molecule has 176 valence electrons. The van der Waals surface area contributed by atoms with E-state index in [1.807, 2.05) is 0 Å². The Morgan fingerprint density at radius 1 is 1.00 bits per heavy atom. The van der Waals surface area contributed by atoms with E-state index in [2.05, 4.69) is 6.58 Å². The molecule has 0 bridgehead atoms. The summed E-state index contributed by atoms with van der Waals surface area (Å²) in [5.41, 5.74) is 0.604. The van der Waals surface area contributed by atoms with E-state index in [-0.39, 0.29) is 17.7 Å². The lowest BCUT2D eigenvalue weighted by molar-refractivity contribution is -0.137. The Hall–Kier alpha value is -2.85. The zero-order valence-corrected chi connectivity index (χ0v) is 18.5. The standard InChI is InChI=1S/C23H23F3N2O4S/c1-2-33(30,31)27-12-10-18(11-13-27)28-14-9-16-3-6-20(15-21(16)22(28)29)32-19-7-4-17(5-8-19)23(24,25)26/h2-8,15,18H,1,9-14H2. The van der Waals surface area contributed by atoms with Gasteiger partial charge in [-0.2, -0.15) is 17.5 Å². The highest BCUT2D eigenvalue weighted by molar-refractivity contribution is 7.92. The van der Waals surface area contributed by atoms with Crippen LogP contribution in [0.2, 0.25) is 0 Å². The van der Waals surface area contributed by atoms with Gasteiger partial charge in [0, 0.05) is 36.6 Å². The third-order valence-corrected chi connectivity index (χ3v) is 7.55. The van der Waals surface area contributed by atoms with E-state index in [1.165, 1.54) is 16.4 Å². The highest BCUT2D eigenvalue weighted by Crippen LogP contribution is 2.33. The van der Waals surface area contributed by atoms with Gasteiger partial charge in [-0.15, -0.1) is 0 Å². The zero-order valence-electron chi connectivity index (χ0n) is 17.7. The van der Waals surface area contributed by atoms with Crippen LogP contribution < -0.4 is 4.74 Å². The third kappa shape index (κ3) is 4.91. The molecule has 2 aliphatic rings. The summed E-state index contributed by atoms with van der Waals surface area (Å²) < 4.78 is 69.2. The van der Waals surface area contributed by atoms with E-state index in [4.69, 9.17) is 4.74 Å². The minimum absolute atomic E-state index is 0.0681. The molecule has 0 N–H and O–H groups in total. The minimum Gasteiger partial charge on any atom is -0.457 e. The van der Waals surface area contributed by atoms with Crippen molar-refractivity contribution in [2.24, 2.45) is 0 Å². The molecule has 0 atom stereocenters. The number of fused-ring (bicyclic) bond motifs is 1. The quantitative estimate of drug-likeness (QED) is 0.635. The molecule has 4 rings (SSSR count). The van der Waals surface area contributed by atoms with Gasteiger partial charge in [-0.3, -0.25) is 4.79 Å². The van der Waals surface area contributed by atoms with Crippen LogP contribution in [0.1, 0.15) is 34.3 Å². The van der Waals surface area contributed by atoms with Gasteiger partial charge in [0.15, 0.2) is 0 Å². The maximum atomic E-state index is 13.2. The first-order chi connectivity index (χ1) is 15.6. The number of piperidine rings is 1. The predicted octanol–water partition coefficient (Wildman–Crippen LogP) is 4.43. The van der Waals surface area contributed by atoms with Crippen molar-refractivity contribution in [2.45, 2.75) is 31.5 Å². The van der Waals surface area contributed by atoms with E-state index < -0.39 is 21.8 Å². The summed E-state index contributed by atoms with van der Waals surface area (Å²) >= 11 is 0. The maximum absolute atomic E-state index is 13.2. The van der Waals surface area contributed by atoms with Gasteiger partial charge in [0.25, 0.3) is 5.91 Å². The molecule has 1 fully saturated rings. The summed E-state index contributed by atoms with van der Waals surface area (Å²) in [6.45, 7) is 4.55. The molecule has 10 heteroatoms. The normalized spacial score (nSPS) is 18.2. The molecule has 1 amide bonds. The van der Waals surface area contributed by atoms with E-state index in [0.29, 0.717) is 50.2 Å². The lowest BCUT2D eigenvalue weighted by Crippen LogP contribution is -2.50. The Bertz CT molecular complexity index is 1160. The fraction of sp³-hybridized carbons (Fsp3) is 0.348. The van der Waals surface area contributed by atoms with Crippen LogP contribution in [-0.4, -0.2) is 49.2 Å². The van der Waals surface area contributed by atoms with E-state index >= 15 is 0 Å². The van der Waals surface area contributed by atoms with Crippen molar-refractivity contribution in [1.29, 1.82) is 0 Å². The Labute approximate surface area is 190 Å². The van der Waals surface area contributed by atoms with Crippen LogP contribution in [0.3, 0.4) is 0 Å². The van der Waals surface area contributed by atoms with Gasteiger partial charge in [-0.1, -0.05) is 12.6 Å². The zero-order chi connectivity index (χ0) is 23.8. The number of hydrogen-bond acceptors (Lipinski definition) is 4. The molecule has 2 aromatic rings. The first-order valence-electron chi connectivity index (χ1n) is 10.5. The van der Waals surface area contributed by atoms with Crippen LogP contribution in [0.4, 0.5) is 13.2 Å². The number of alkyl halides is 3. The van der Waals surface area contributed by atoms with Crippen molar-refractivity contribution in [1.82, 2.24) is 9.21 Å². The number of amides is 1. The molecule has 0 radical (unpaired) electrons. The van der Waals surface area contributed by atoms with Crippen LogP contribution in [0.25, 0.3) is 0 Å². The van der Waals surface area contributed by atoms with Crippen LogP contribution in [-0.2, 0) is 22.6 Å². The summed E-state index contributed by atoms with van der Waals surface area (Å²) in [6, 6.07) is 9.39. The third-order valence-electron chi connectivity index (χ3n) is 6.05. The Balaban J connectivity index is 1.46. The molecule has 0 unspecified atom stereocenters. The van der Waals surface area contributed by atoms with Crippen molar-refractivity contribution >= 4 is 15.9 Å². The van der Waals surface area contributed by atoms with Crippen molar-refractivity contribution in [3.63, 3.8) is 0 Å². The van der Waals surface area contributed by atoms with E-state index in [9.17, 15) is 26.4 Å². The maximum Gasteiger partial charge on any atom is 0.416 e. The van der Waals surface area contributed by atoms with Crippen molar-refractivity contribution in [3.8, 4) is 11.5 Å². The number of benzene rings is 2. The first kappa shape index (κ1) is 23.3. The molecule has 6 nitrogen and oxygen atoms in total. The summed E-state index contributed by atoms with van der Waals surface area (Å²) in [5.74, 6) is 0.439.